The third kappa shape index (κ3) is 5.55. The van der Waals surface area contributed by atoms with Gasteiger partial charge in [0, 0.05) is 37.7 Å². The van der Waals surface area contributed by atoms with Crippen molar-refractivity contribution in [2.75, 3.05) is 4.90 Å². The van der Waals surface area contributed by atoms with Gasteiger partial charge in [-0.3, -0.25) is 0 Å². The van der Waals surface area contributed by atoms with E-state index in [2.05, 4.69) is 266 Å². The second-order valence-corrected chi connectivity index (χ2v) is 20.1. The fraction of sp³-hybridized carbons (Fsp3) is 0.0294. The minimum atomic E-state index is -0.631. The number of rotatable bonds is 5. The highest BCUT2D eigenvalue weighted by Gasteiger charge is 2.53. The lowest BCUT2D eigenvalue weighted by molar-refractivity contribution is 0.436. The van der Waals surface area contributed by atoms with Gasteiger partial charge < -0.3 is 9.64 Å². The van der Waals surface area contributed by atoms with E-state index in [9.17, 15) is 0 Å². The van der Waals surface area contributed by atoms with Crippen molar-refractivity contribution >= 4 is 28.8 Å². The number of nitrogens with zero attached hydrogens (tertiary/aromatic N) is 1. The molecule has 332 valence electrons. The Bertz CT molecular complexity index is 3870. The molecule has 0 aromatic heterocycles. The van der Waals surface area contributed by atoms with Gasteiger partial charge >= 0.3 is 0 Å². The van der Waals surface area contributed by atoms with Crippen LogP contribution in [0.1, 0.15) is 44.5 Å². The predicted molar refractivity (Wildman–Crippen MR) is 291 cm³/mol. The fourth-order valence-corrected chi connectivity index (χ4v) is 14.0. The standard InChI is InChI=1S/C68H43NOS/c1-2-19-44(20-3-1)45-37-39-46(40-38-45)48-21-6-13-31-60(48)69(47-41-42-50-49-22-4-7-24-52(49)67(59(50)43-47)54-26-9-14-33-62(54)70-63-34-15-10-27-55(63)67)61-32-18-30-58-66(61)51-23-5-8-25-53(51)68(58)56-28-11-16-35-64(56)71-65-36-17-12-29-57(65)68/h1-43H. The largest absolute Gasteiger partial charge is 0.457 e. The van der Waals surface area contributed by atoms with Crippen molar-refractivity contribution in [1.29, 1.82) is 0 Å². The highest BCUT2D eigenvalue weighted by atomic mass is 32.2. The lowest BCUT2D eigenvalue weighted by Crippen LogP contribution is -2.32. The quantitative estimate of drug-likeness (QED) is 0.171. The molecule has 2 nitrogen and oxygen atoms in total. The van der Waals surface area contributed by atoms with Gasteiger partial charge in [0.15, 0.2) is 0 Å². The number of fused-ring (bicyclic) bond motifs is 18. The third-order valence-corrected chi connectivity index (χ3v) is 16.8. The molecule has 0 fully saturated rings. The van der Waals surface area contributed by atoms with Crippen LogP contribution in [0.5, 0.6) is 11.5 Å². The second-order valence-electron chi connectivity index (χ2n) is 19.0. The van der Waals surface area contributed by atoms with E-state index in [1.54, 1.807) is 0 Å². The Morgan fingerprint density at radius 3 is 1.45 bits per heavy atom. The number of para-hydroxylation sites is 3. The smallest absolute Gasteiger partial charge is 0.132 e. The van der Waals surface area contributed by atoms with Crippen LogP contribution in [0.4, 0.5) is 17.1 Å². The molecule has 3 heteroatoms. The topological polar surface area (TPSA) is 12.5 Å². The van der Waals surface area contributed by atoms with Gasteiger partial charge in [0.05, 0.1) is 22.2 Å². The van der Waals surface area contributed by atoms with Gasteiger partial charge in [-0.2, -0.15) is 0 Å². The summed E-state index contributed by atoms with van der Waals surface area (Å²) in [5.74, 6) is 1.77. The van der Waals surface area contributed by atoms with Gasteiger partial charge in [-0.15, -0.1) is 0 Å². The average molecular weight is 922 g/mol. The van der Waals surface area contributed by atoms with Crippen LogP contribution in [0.25, 0.3) is 44.5 Å². The first kappa shape index (κ1) is 40.3. The van der Waals surface area contributed by atoms with Gasteiger partial charge in [0.25, 0.3) is 0 Å². The van der Waals surface area contributed by atoms with Crippen molar-refractivity contribution in [1.82, 2.24) is 0 Å². The van der Waals surface area contributed by atoms with Crippen LogP contribution in [-0.2, 0) is 10.8 Å². The molecule has 0 saturated heterocycles. The molecule has 15 rings (SSSR count). The fourth-order valence-electron chi connectivity index (χ4n) is 12.8. The van der Waals surface area contributed by atoms with E-state index in [4.69, 9.17) is 4.74 Å². The Morgan fingerprint density at radius 1 is 0.296 bits per heavy atom. The summed E-state index contributed by atoms with van der Waals surface area (Å²) >= 11 is 1.88. The van der Waals surface area contributed by atoms with Crippen molar-refractivity contribution < 1.29 is 4.74 Å². The van der Waals surface area contributed by atoms with Gasteiger partial charge in [-0.1, -0.05) is 224 Å². The molecular formula is C68H43NOS. The van der Waals surface area contributed by atoms with E-state index in [-0.39, 0.29) is 0 Å². The van der Waals surface area contributed by atoms with Crippen LogP contribution in [0, 0.1) is 0 Å². The third-order valence-electron chi connectivity index (χ3n) is 15.6. The maximum atomic E-state index is 6.79. The first-order valence-electron chi connectivity index (χ1n) is 24.5. The molecule has 2 aliphatic carbocycles. The molecule has 0 bridgehead atoms. The van der Waals surface area contributed by atoms with Crippen molar-refractivity contribution in [2.45, 2.75) is 20.6 Å². The normalized spacial score (nSPS) is 14.2. The number of ether oxygens (including phenoxy) is 1. The first-order chi connectivity index (χ1) is 35.2. The highest BCUT2D eigenvalue weighted by molar-refractivity contribution is 7.99. The Hall–Kier alpha value is -8.63. The minimum Gasteiger partial charge on any atom is -0.457 e. The van der Waals surface area contributed by atoms with Crippen molar-refractivity contribution in [3.8, 4) is 56.0 Å². The second kappa shape index (κ2) is 15.4. The van der Waals surface area contributed by atoms with Crippen LogP contribution in [0.2, 0.25) is 0 Å². The van der Waals surface area contributed by atoms with Crippen molar-refractivity contribution in [3.05, 3.63) is 305 Å². The number of anilines is 3. The lowest BCUT2D eigenvalue weighted by atomic mass is 9.66. The zero-order valence-electron chi connectivity index (χ0n) is 38.6. The van der Waals surface area contributed by atoms with E-state index in [0.717, 1.165) is 50.8 Å². The van der Waals surface area contributed by atoms with Crippen molar-refractivity contribution in [3.63, 3.8) is 0 Å². The molecule has 2 spiro atoms. The van der Waals surface area contributed by atoms with Crippen LogP contribution >= 0.6 is 11.8 Å². The van der Waals surface area contributed by atoms with E-state index in [1.807, 2.05) is 11.8 Å². The molecule has 0 saturated carbocycles. The number of benzene rings is 11. The van der Waals surface area contributed by atoms with Crippen LogP contribution < -0.4 is 9.64 Å². The zero-order valence-corrected chi connectivity index (χ0v) is 39.4. The molecule has 0 N–H and O–H groups in total. The summed E-state index contributed by atoms with van der Waals surface area (Å²) in [6.45, 7) is 0. The summed E-state index contributed by atoms with van der Waals surface area (Å²) in [6, 6.07) is 96.7. The van der Waals surface area contributed by atoms with Gasteiger partial charge in [-0.25, -0.2) is 0 Å². The summed E-state index contributed by atoms with van der Waals surface area (Å²) in [7, 11) is 0. The van der Waals surface area contributed by atoms with Gasteiger partial charge in [0.2, 0.25) is 0 Å². The average Bonchev–Trinajstić information content (AvgIpc) is 3.90. The predicted octanol–water partition coefficient (Wildman–Crippen LogP) is 17.8. The summed E-state index contributed by atoms with van der Waals surface area (Å²) < 4.78 is 6.79. The van der Waals surface area contributed by atoms with Gasteiger partial charge in [0.1, 0.15) is 11.5 Å². The molecule has 0 amide bonds. The molecule has 71 heavy (non-hydrogen) atoms. The molecule has 4 aliphatic rings. The van der Waals surface area contributed by atoms with Gasteiger partial charge in [-0.05, 0) is 115 Å². The maximum absolute atomic E-state index is 6.79. The molecule has 2 aliphatic heterocycles. The first-order valence-corrected chi connectivity index (χ1v) is 25.3. The molecule has 0 atom stereocenters. The van der Waals surface area contributed by atoms with E-state index >= 15 is 0 Å². The summed E-state index contributed by atoms with van der Waals surface area (Å²) in [5.41, 5.74) is 21.9. The Morgan fingerprint density at radius 2 is 0.761 bits per heavy atom. The van der Waals surface area contributed by atoms with Crippen LogP contribution in [0.15, 0.2) is 271 Å². The van der Waals surface area contributed by atoms with Crippen LogP contribution in [0.3, 0.4) is 0 Å². The maximum Gasteiger partial charge on any atom is 0.132 e. The van der Waals surface area contributed by atoms with Crippen LogP contribution in [-0.4, -0.2) is 0 Å². The lowest BCUT2D eigenvalue weighted by Gasteiger charge is -2.40. The SMILES string of the molecule is c1ccc(-c2ccc(-c3ccccc3N(c3ccc4c(c3)C3(c5ccccc5Oc5ccccc53)c3ccccc3-4)c3cccc4c3-c3ccccc3C43c4ccccc4Sc4ccccc43)cc2)cc1. The van der Waals surface area contributed by atoms with E-state index in [0.29, 0.717) is 0 Å². The molecule has 2 heterocycles. The molecule has 11 aromatic carbocycles. The Kier molecular flexibility index (Phi) is 8.76. The summed E-state index contributed by atoms with van der Waals surface area (Å²) in [6.07, 6.45) is 0. The Balaban J connectivity index is 1.03. The molecular weight excluding hydrogens is 879 g/mol. The number of hydrogen-bond donors (Lipinski definition) is 0. The molecule has 11 aromatic rings. The van der Waals surface area contributed by atoms with E-state index in [1.165, 1.54) is 76.6 Å². The van der Waals surface area contributed by atoms with E-state index < -0.39 is 10.8 Å². The Labute approximate surface area is 418 Å². The summed E-state index contributed by atoms with van der Waals surface area (Å²) in [5, 5.41) is 0. The highest BCUT2D eigenvalue weighted by Crippen LogP contribution is 2.66. The molecule has 0 radical (unpaired) electrons. The minimum absolute atomic E-state index is 0.530. The monoisotopic (exact) mass is 921 g/mol. The summed E-state index contributed by atoms with van der Waals surface area (Å²) in [4.78, 5) is 5.15. The number of hydrogen-bond acceptors (Lipinski definition) is 3. The molecule has 0 unspecified atom stereocenters. The van der Waals surface area contributed by atoms with Crippen molar-refractivity contribution in [2.24, 2.45) is 0 Å². The zero-order chi connectivity index (χ0) is 46.7.